The molecule has 0 unspecified atom stereocenters. The third kappa shape index (κ3) is 4.83. The molecular formula is C25H23F2N7O3. The maximum Gasteiger partial charge on any atom is 0.314 e. The molecule has 3 heterocycles. The van der Waals surface area contributed by atoms with Crippen molar-refractivity contribution in [2.75, 3.05) is 17.2 Å². The number of halogens is 2. The molecule has 10 nitrogen and oxygen atoms in total. The monoisotopic (exact) mass is 507 g/mol. The standard InChI is InChI=1S/C25H23F2N7O3/c1-25(2)17-10-14(8-9-15(17)21(36)32-25)29-24-28-11-16(22-33-34-23(37-22)19(26)27)20(31-24)30-18(12-35)13-6-4-3-5-7-13/h3-11,18-19,35H,12H2,1-2H3,(H,32,36)(H2,28,29,30,31)/t18-/m1/s1. The SMILES string of the molecule is CC1(C)NC(=O)c2ccc(Nc3ncc(-c4nnc(C(F)F)o4)c(N[C@H](CO)c4ccccc4)n3)cc21. The molecule has 0 aliphatic carbocycles. The van der Waals surface area contributed by atoms with Gasteiger partial charge in [0.25, 0.3) is 17.7 Å². The molecule has 190 valence electrons. The van der Waals surface area contributed by atoms with Crippen molar-refractivity contribution in [3.63, 3.8) is 0 Å². The number of carbonyl (C=O) groups is 1. The van der Waals surface area contributed by atoms with E-state index in [1.54, 1.807) is 12.1 Å². The number of benzene rings is 2. The number of carbonyl (C=O) groups excluding carboxylic acids is 1. The molecule has 37 heavy (non-hydrogen) atoms. The van der Waals surface area contributed by atoms with Gasteiger partial charge in [-0.15, -0.1) is 10.2 Å². The summed E-state index contributed by atoms with van der Waals surface area (Å²) < 4.78 is 31.2. The fraction of sp³-hybridized carbons (Fsp3) is 0.240. The summed E-state index contributed by atoms with van der Waals surface area (Å²) in [5.74, 6) is -0.799. The molecule has 1 amide bonds. The largest absolute Gasteiger partial charge is 0.415 e. The van der Waals surface area contributed by atoms with Crippen molar-refractivity contribution < 1.29 is 23.1 Å². The van der Waals surface area contributed by atoms with Gasteiger partial charge in [0.05, 0.1) is 23.8 Å². The Hall–Kier alpha value is -4.45. The summed E-state index contributed by atoms with van der Waals surface area (Å²) >= 11 is 0. The maximum absolute atomic E-state index is 13.1. The Morgan fingerprint density at radius 3 is 2.59 bits per heavy atom. The Balaban J connectivity index is 1.51. The number of anilines is 3. The van der Waals surface area contributed by atoms with Crippen molar-refractivity contribution in [1.82, 2.24) is 25.5 Å². The second-order valence-corrected chi connectivity index (χ2v) is 8.96. The number of alkyl halides is 2. The third-order valence-corrected chi connectivity index (χ3v) is 5.96. The minimum Gasteiger partial charge on any atom is -0.415 e. The van der Waals surface area contributed by atoms with Crippen LogP contribution in [0.3, 0.4) is 0 Å². The smallest absolute Gasteiger partial charge is 0.314 e. The third-order valence-electron chi connectivity index (χ3n) is 5.96. The first kappa shape index (κ1) is 24.3. The number of nitrogens with one attached hydrogen (secondary N) is 3. The number of amides is 1. The van der Waals surface area contributed by atoms with Gasteiger partial charge in [0.1, 0.15) is 5.82 Å². The average molecular weight is 508 g/mol. The first-order chi connectivity index (χ1) is 17.7. The predicted molar refractivity (Wildman–Crippen MR) is 130 cm³/mol. The van der Waals surface area contributed by atoms with E-state index in [0.29, 0.717) is 11.3 Å². The van der Waals surface area contributed by atoms with Crippen LogP contribution in [0.5, 0.6) is 0 Å². The molecule has 12 heteroatoms. The fourth-order valence-corrected chi connectivity index (χ4v) is 4.11. The molecule has 0 saturated heterocycles. The van der Waals surface area contributed by atoms with Gasteiger partial charge in [-0.25, -0.2) is 4.98 Å². The number of nitrogens with zero attached hydrogens (tertiary/aromatic N) is 4. The summed E-state index contributed by atoms with van der Waals surface area (Å²) in [5.41, 5.74) is 2.49. The molecule has 0 radical (unpaired) electrons. The van der Waals surface area contributed by atoms with Crippen LogP contribution in [-0.2, 0) is 5.54 Å². The lowest BCUT2D eigenvalue weighted by molar-refractivity contribution is 0.0940. The highest BCUT2D eigenvalue weighted by Crippen LogP contribution is 2.34. The van der Waals surface area contributed by atoms with Crippen LogP contribution < -0.4 is 16.0 Å². The van der Waals surface area contributed by atoms with Crippen molar-refractivity contribution in [2.24, 2.45) is 0 Å². The number of hydrogen-bond donors (Lipinski definition) is 4. The van der Waals surface area contributed by atoms with Gasteiger partial charge in [0, 0.05) is 17.4 Å². The van der Waals surface area contributed by atoms with Crippen LogP contribution in [0.25, 0.3) is 11.5 Å². The average Bonchev–Trinajstić information content (AvgIpc) is 3.46. The molecule has 1 aliphatic heterocycles. The van der Waals surface area contributed by atoms with Crippen LogP contribution in [0.1, 0.15) is 53.7 Å². The van der Waals surface area contributed by atoms with Gasteiger partial charge in [-0.1, -0.05) is 30.3 Å². The maximum atomic E-state index is 13.1. The highest BCUT2D eigenvalue weighted by atomic mass is 19.3. The zero-order valence-electron chi connectivity index (χ0n) is 19.9. The highest BCUT2D eigenvalue weighted by molar-refractivity contribution is 6.00. The van der Waals surface area contributed by atoms with E-state index < -0.39 is 23.9 Å². The van der Waals surface area contributed by atoms with Crippen molar-refractivity contribution in [3.8, 4) is 11.5 Å². The summed E-state index contributed by atoms with van der Waals surface area (Å²) in [4.78, 5) is 21.0. The summed E-state index contributed by atoms with van der Waals surface area (Å²) in [6.07, 6.45) is -1.57. The highest BCUT2D eigenvalue weighted by Gasteiger charge is 2.35. The Labute approximate surface area is 210 Å². The lowest BCUT2D eigenvalue weighted by Crippen LogP contribution is -2.32. The van der Waals surface area contributed by atoms with Gasteiger partial charge < -0.3 is 25.5 Å². The molecule has 5 rings (SSSR count). The topological polar surface area (TPSA) is 138 Å². The number of fused-ring (bicyclic) bond motifs is 1. The van der Waals surface area contributed by atoms with Crippen LogP contribution in [-0.4, -0.2) is 37.8 Å². The summed E-state index contributed by atoms with van der Waals surface area (Å²) in [6.45, 7) is 3.54. The lowest BCUT2D eigenvalue weighted by Gasteiger charge is -2.20. The second-order valence-electron chi connectivity index (χ2n) is 8.96. The zero-order chi connectivity index (χ0) is 26.2. The molecule has 2 aromatic carbocycles. The Bertz CT molecular complexity index is 1440. The molecule has 4 aromatic rings. The van der Waals surface area contributed by atoms with Crippen molar-refractivity contribution in [1.29, 1.82) is 0 Å². The van der Waals surface area contributed by atoms with Gasteiger partial charge in [0.2, 0.25) is 5.95 Å². The minimum atomic E-state index is -2.93. The molecule has 0 saturated carbocycles. The van der Waals surface area contributed by atoms with E-state index in [-0.39, 0.29) is 35.7 Å². The lowest BCUT2D eigenvalue weighted by atomic mass is 9.94. The minimum absolute atomic E-state index is 0.141. The first-order valence-electron chi connectivity index (χ1n) is 11.4. The summed E-state index contributed by atoms with van der Waals surface area (Å²) in [6, 6.07) is 13.9. The number of rotatable bonds is 8. The fourth-order valence-electron chi connectivity index (χ4n) is 4.11. The van der Waals surface area contributed by atoms with Gasteiger partial charge >= 0.3 is 6.43 Å². The van der Waals surface area contributed by atoms with Gasteiger partial charge in [-0.05, 0) is 43.2 Å². The van der Waals surface area contributed by atoms with Crippen LogP contribution in [0.15, 0.2) is 59.1 Å². The van der Waals surface area contributed by atoms with Crippen molar-refractivity contribution >= 4 is 23.4 Å². The van der Waals surface area contributed by atoms with E-state index in [4.69, 9.17) is 4.42 Å². The quantitative estimate of drug-likeness (QED) is 0.274. The van der Waals surface area contributed by atoms with Crippen LogP contribution in [0.2, 0.25) is 0 Å². The normalized spacial score (nSPS) is 14.8. The number of aliphatic hydroxyl groups excluding tert-OH is 1. The van der Waals surface area contributed by atoms with E-state index in [1.165, 1.54) is 6.20 Å². The van der Waals surface area contributed by atoms with E-state index in [9.17, 15) is 18.7 Å². The summed E-state index contributed by atoms with van der Waals surface area (Å²) in [5, 5.41) is 26.3. The zero-order valence-corrected chi connectivity index (χ0v) is 19.9. The summed E-state index contributed by atoms with van der Waals surface area (Å²) in [7, 11) is 0. The van der Waals surface area contributed by atoms with Crippen LogP contribution in [0.4, 0.5) is 26.2 Å². The molecule has 0 fully saturated rings. The molecule has 0 bridgehead atoms. The Morgan fingerprint density at radius 2 is 1.89 bits per heavy atom. The number of hydrogen-bond acceptors (Lipinski definition) is 9. The molecule has 1 atom stereocenters. The van der Waals surface area contributed by atoms with E-state index in [2.05, 4.69) is 36.1 Å². The molecule has 4 N–H and O–H groups in total. The van der Waals surface area contributed by atoms with Crippen LogP contribution in [0, 0.1) is 0 Å². The molecule has 2 aromatic heterocycles. The molecule has 1 aliphatic rings. The predicted octanol–water partition coefficient (Wildman–Crippen LogP) is 4.33. The second kappa shape index (κ2) is 9.54. The number of aromatic nitrogens is 4. The van der Waals surface area contributed by atoms with E-state index in [0.717, 1.165) is 11.1 Å². The number of aliphatic hydroxyl groups is 1. The Kier molecular flexibility index (Phi) is 6.25. The van der Waals surface area contributed by atoms with Gasteiger partial charge in [0.15, 0.2) is 0 Å². The van der Waals surface area contributed by atoms with Crippen molar-refractivity contribution in [3.05, 3.63) is 77.3 Å². The van der Waals surface area contributed by atoms with E-state index in [1.807, 2.05) is 50.2 Å². The van der Waals surface area contributed by atoms with Crippen LogP contribution >= 0.6 is 0 Å². The molecular weight excluding hydrogens is 484 g/mol. The Morgan fingerprint density at radius 1 is 1.11 bits per heavy atom. The molecule has 0 spiro atoms. The van der Waals surface area contributed by atoms with Gasteiger partial charge in [-0.2, -0.15) is 13.8 Å². The van der Waals surface area contributed by atoms with Gasteiger partial charge in [-0.3, -0.25) is 4.79 Å². The van der Waals surface area contributed by atoms with Crippen molar-refractivity contribution in [2.45, 2.75) is 31.9 Å². The van der Waals surface area contributed by atoms with E-state index >= 15 is 0 Å². The first-order valence-corrected chi connectivity index (χ1v) is 11.4.